The molecular weight excluding hydrogens is 338 g/mol. The summed E-state index contributed by atoms with van der Waals surface area (Å²) in [5, 5.41) is 7.84. The molecular formula is C17H15N5O2S. The number of amides is 1. The first-order chi connectivity index (χ1) is 12.1. The zero-order chi connectivity index (χ0) is 17.4. The van der Waals surface area contributed by atoms with Crippen LogP contribution >= 0.6 is 11.8 Å². The van der Waals surface area contributed by atoms with Crippen LogP contribution in [0.1, 0.15) is 10.5 Å². The molecule has 0 aliphatic carbocycles. The van der Waals surface area contributed by atoms with Gasteiger partial charge >= 0.3 is 0 Å². The molecule has 7 nitrogen and oxygen atoms in total. The van der Waals surface area contributed by atoms with Crippen molar-refractivity contribution >= 4 is 23.4 Å². The predicted molar refractivity (Wildman–Crippen MR) is 95.8 cm³/mol. The third-order valence-electron chi connectivity index (χ3n) is 3.95. The monoisotopic (exact) mass is 353 g/mol. The molecule has 2 aromatic heterocycles. The number of hydrogen-bond acceptors (Lipinski definition) is 5. The molecule has 0 unspecified atom stereocenters. The van der Waals surface area contributed by atoms with Crippen LogP contribution in [0, 0.1) is 0 Å². The minimum atomic E-state index is -0.371. The molecule has 3 aromatic rings. The van der Waals surface area contributed by atoms with Crippen molar-refractivity contribution in [3.63, 3.8) is 0 Å². The number of carbonyl (C=O) groups excluding carboxylic acids is 1. The molecule has 0 fully saturated rings. The van der Waals surface area contributed by atoms with Gasteiger partial charge in [0.05, 0.1) is 11.4 Å². The van der Waals surface area contributed by atoms with E-state index in [9.17, 15) is 9.59 Å². The fraction of sp³-hybridized carbons (Fsp3) is 0.176. The molecule has 0 saturated heterocycles. The van der Waals surface area contributed by atoms with Gasteiger partial charge in [-0.1, -0.05) is 30.0 Å². The minimum absolute atomic E-state index is 0.180. The van der Waals surface area contributed by atoms with Crippen LogP contribution in [-0.2, 0) is 13.6 Å². The van der Waals surface area contributed by atoms with Crippen LogP contribution in [0.3, 0.4) is 0 Å². The third kappa shape index (κ3) is 2.96. The maximum atomic E-state index is 12.5. The summed E-state index contributed by atoms with van der Waals surface area (Å²) < 4.78 is 3.26. The lowest BCUT2D eigenvalue weighted by atomic mass is 10.1. The van der Waals surface area contributed by atoms with E-state index in [1.54, 1.807) is 11.8 Å². The zero-order valence-corrected chi connectivity index (χ0v) is 14.3. The van der Waals surface area contributed by atoms with Gasteiger partial charge < -0.3 is 9.88 Å². The zero-order valence-electron chi connectivity index (χ0n) is 13.5. The van der Waals surface area contributed by atoms with Crippen LogP contribution < -0.4 is 10.9 Å². The Hall–Kier alpha value is -2.87. The van der Waals surface area contributed by atoms with E-state index in [0.717, 1.165) is 33.4 Å². The molecule has 0 bridgehead atoms. The van der Waals surface area contributed by atoms with E-state index in [0.29, 0.717) is 5.69 Å². The molecule has 1 N–H and O–H groups in total. The van der Waals surface area contributed by atoms with Crippen molar-refractivity contribution in [1.29, 1.82) is 0 Å². The summed E-state index contributed by atoms with van der Waals surface area (Å²) >= 11 is 1.73. The number of para-hydroxylation sites is 1. The van der Waals surface area contributed by atoms with Crippen LogP contribution in [0.25, 0.3) is 11.3 Å². The van der Waals surface area contributed by atoms with Crippen molar-refractivity contribution < 1.29 is 4.79 Å². The Morgan fingerprint density at radius 2 is 2.08 bits per heavy atom. The fourth-order valence-electron chi connectivity index (χ4n) is 2.66. The maximum absolute atomic E-state index is 12.5. The van der Waals surface area contributed by atoms with Crippen molar-refractivity contribution in [2.24, 2.45) is 7.05 Å². The largest absolute Gasteiger partial charge is 0.325 e. The van der Waals surface area contributed by atoms with Crippen LogP contribution in [0.15, 0.2) is 52.5 Å². The summed E-state index contributed by atoms with van der Waals surface area (Å²) in [5.74, 6) is 0.670. The molecule has 25 heavy (non-hydrogen) atoms. The van der Waals surface area contributed by atoms with Crippen molar-refractivity contribution in [3.8, 4) is 11.3 Å². The molecule has 0 atom stereocenters. The molecule has 0 saturated carbocycles. The van der Waals surface area contributed by atoms with Gasteiger partial charge in [0.1, 0.15) is 5.69 Å². The quantitative estimate of drug-likeness (QED) is 0.779. The molecule has 1 aliphatic rings. The second kappa shape index (κ2) is 6.21. The molecule has 3 heterocycles. The highest BCUT2D eigenvalue weighted by Crippen LogP contribution is 2.32. The number of nitrogens with zero attached hydrogens (tertiary/aromatic N) is 4. The number of aromatic nitrogens is 4. The van der Waals surface area contributed by atoms with Gasteiger partial charge in [0.25, 0.3) is 11.5 Å². The van der Waals surface area contributed by atoms with Crippen molar-refractivity contribution in [2.45, 2.75) is 11.7 Å². The Kier molecular flexibility index (Phi) is 3.89. The van der Waals surface area contributed by atoms with E-state index in [4.69, 9.17) is 0 Å². The predicted octanol–water partition coefficient (Wildman–Crippen LogP) is 2.00. The summed E-state index contributed by atoms with van der Waals surface area (Å²) in [6, 6.07) is 10.3. The molecule has 126 valence electrons. The number of hydrogen-bond donors (Lipinski definition) is 1. The SMILES string of the molecule is Cn1nc(C(=O)Nc2ccccc2-c2cn3c(n2)SCC3)ccc1=O. The summed E-state index contributed by atoms with van der Waals surface area (Å²) in [5.41, 5.74) is 2.25. The highest BCUT2D eigenvalue weighted by molar-refractivity contribution is 7.99. The normalized spacial score (nSPS) is 12.8. The average molecular weight is 353 g/mol. The van der Waals surface area contributed by atoms with E-state index < -0.39 is 0 Å². The van der Waals surface area contributed by atoms with Gasteiger partial charge in [-0.15, -0.1) is 0 Å². The van der Waals surface area contributed by atoms with Gasteiger partial charge in [0, 0.05) is 37.2 Å². The Bertz CT molecular complexity index is 1000. The van der Waals surface area contributed by atoms with Gasteiger partial charge in [-0.2, -0.15) is 5.10 Å². The summed E-state index contributed by atoms with van der Waals surface area (Å²) in [7, 11) is 1.51. The molecule has 1 aliphatic heterocycles. The number of fused-ring (bicyclic) bond motifs is 1. The first-order valence-electron chi connectivity index (χ1n) is 7.77. The van der Waals surface area contributed by atoms with E-state index in [1.807, 2.05) is 30.5 Å². The first-order valence-corrected chi connectivity index (χ1v) is 8.75. The lowest BCUT2D eigenvalue weighted by Crippen LogP contribution is -2.23. The highest BCUT2D eigenvalue weighted by atomic mass is 32.2. The summed E-state index contributed by atoms with van der Waals surface area (Å²) in [4.78, 5) is 28.5. The van der Waals surface area contributed by atoms with Crippen LogP contribution in [0.4, 0.5) is 5.69 Å². The molecule has 0 spiro atoms. The maximum Gasteiger partial charge on any atom is 0.276 e. The summed E-state index contributed by atoms with van der Waals surface area (Å²) in [6.07, 6.45) is 2.00. The molecule has 1 aromatic carbocycles. The Morgan fingerprint density at radius 3 is 2.88 bits per heavy atom. The number of nitrogens with one attached hydrogen (secondary N) is 1. The molecule has 0 radical (unpaired) electrons. The Balaban J connectivity index is 1.65. The second-order valence-corrected chi connectivity index (χ2v) is 6.69. The molecule has 8 heteroatoms. The topological polar surface area (TPSA) is 81.8 Å². The van der Waals surface area contributed by atoms with Gasteiger partial charge in [-0.3, -0.25) is 9.59 Å². The van der Waals surface area contributed by atoms with E-state index in [-0.39, 0.29) is 17.2 Å². The number of anilines is 1. The van der Waals surface area contributed by atoms with Crippen LogP contribution in [-0.4, -0.2) is 31.0 Å². The second-order valence-electron chi connectivity index (χ2n) is 5.63. The number of thioether (sulfide) groups is 1. The van der Waals surface area contributed by atoms with E-state index >= 15 is 0 Å². The fourth-order valence-corrected chi connectivity index (χ4v) is 3.61. The average Bonchev–Trinajstić information content (AvgIpc) is 3.19. The minimum Gasteiger partial charge on any atom is -0.325 e. The Labute approximate surface area is 147 Å². The smallest absolute Gasteiger partial charge is 0.276 e. The van der Waals surface area contributed by atoms with Gasteiger partial charge in [0.2, 0.25) is 0 Å². The lowest BCUT2D eigenvalue weighted by molar-refractivity contribution is 0.102. The van der Waals surface area contributed by atoms with Crippen LogP contribution in [0.2, 0.25) is 0 Å². The van der Waals surface area contributed by atoms with Gasteiger partial charge in [0.15, 0.2) is 5.16 Å². The molecule has 4 rings (SSSR count). The number of imidazole rings is 1. The van der Waals surface area contributed by atoms with Gasteiger partial charge in [-0.05, 0) is 12.1 Å². The van der Waals surface area contributed by atoms with Crippen molar-refractivity contribution in [1.82, 2.24) is 19.3 Å². The number of aryl methyl sites for hydroxylation is 2. The van der Waals surface area contributed by atoms with E-state index in [2.05, 4.69) is 20.0 Å². The number of rotatable bonds is 3. The van der Waals surface area contributed by atoms with Crippen molar-refractivity contribution in [3.05, 3.63) is 58.6 Å². The molecule has 1 amide bonds. The summed E-state index contributed by atoms with van der Waals surface area (Å²) in [6.45, 7) is 0.948. The number of carbonyl (C=O) groups is 1. The van der Waals surface area contributed by atoms with Crippen molar-refractivity contribution in [2.75, 3.05) is 11.1 Å². The Morgan fingerprint density at radius 1 is 1.24 bits per heavy atom. The van der Waals surface area contributed by atoms with E-state index in [1.165, 1.54) is 19.2 Å². The lowest BCUT2D eigenvalue weighted by Gasteiger charge is -2.09. The third-order valence-corrected chi connectivity index (χ3v) is 4.92. The first kappa shape index (κ1) is 15.6. The van der Waals surface area contributed by atoms with Gasteiger partial charge in [-0.25, -0.2) is 9.67 Å². The highest BCUT2D eigenvalue weighted by Gasteiger charge is 2.18. The standard InChI is InChI=1S/C17H15N5O2S/c1-21-15(23)7-6-13(20-21)16(24)18-12-5-3-2-4-11(12)14-10-22-8-9-25-17(22)19-14/h2-7,10H,8-9H2,1H3,(H,18,24). The number of benzene rings is 1. The van der Waals surface area contributed by atoms with Crippen LogP contribution in [0.5, 0.6) is 0 Å².